The molecule has 0 radical (unpaired) electrons. The van der Waals surface area contributed by atoms with Gasteiger partial charge in [0.15, 0.2) is 0 Å². The molecule has 204 valence electrons. The number of H-pyrrole nitrogens is 2. The molecular formula is C26H33N5O7. The van der Waals surface area contributed by atoms with Gasteiger partial charge >= 0.3 is 11.9 Å². The second-order valence-electron chi connectivity index (χ2n) is 8.77. The Labute approximate surface area is 218 Å². The highest BCUT2D eigenvalue weighted by Gasteiger charge is 2.22. The number of hydrogen-bond donors (Lipinski definition) is 5. The first-order valence-electron chi connectivity index (χ1n) is 12.5. The van der Waals surface area contributed by atoms with E-state index < -0.39 is 23.9 Å². The molecule has 12 heteroatoms. The van der Waals surface area contributed by atoms with E-state index in [2.05, 4.69) is 20.3 Å². The summed E-state index contributed by atoms with van der Waals surface area (Å²) in [5.41, 5.74) is 7.69. The lowest BCUT2D eigenvalue weighted by Gasteiger charge is -2.14. The number of fused-ring (bicyclic) bond motifs is 1. The van der Waals surface area contributed by atoms with E-state index in [-0.39, 0.29) is 43.1 Å². The molecule has 0 saturated carbocycles. The van der Waals surface area contributed by atoms with Crippen molar-refractivity contribution in [2.45, 2.75) is 51.5 Å². The van der Waals surface area contributed by atoms with Gasteiger partial charge in [0, 0.05) is 24.8 Å². The molecule has 6 N–H and O–H groups in total. The minimum absolute atomic E-state index is 0.0399. The van der Waals surface area contributed by atoms with Gasteiger partial charge in [-0.25, -0.2) is 4.79 Å². The normalized spacial score (nSPS) is 11.8. The highest BCUT2D eigenvalue weighted by atomic mass is 16.6. The standard InChI is InChI=1S/C26H33N5O7/c1-2-3-12-37-13-14-38-20(32)11-10-19(25(35)36)29-23(33)17-7-4-16(5-8-17)6-9-18-15-28-22-21(18)24(34)31-26(27)30-22/h4-5,7-8,15,19H,2-3,6,9-14H2,1H3,(H,29,33)(H,35,36)(H4,27,28,30,31,34)/t19-/m0/s1. The van der Waals surface area contributed by atoms with Crippen LogP contribution >= 0.6 is 0 Å². The number of carbonyl (C=O) groups excluding carboxylic acids is 2. The molecule has 0 aliphatic rings. The predicted molar refractivity (Wildman–Crippen MR) is 140 cm³/mol. The zero-order valence-corrected chi connectivity index (χ0v) is 21.2. The highest BCUT2D eigenvalue weighted by molar-refractivity contribution is 5.96. The van der Waals surface area contributed by atoms with Crippen LogP contribution in [0.25, 0.3) is 11.0 Å². The molecule has 1 aromatic carbocycles. The molecule has 0 aliphatic carbocycles. The molecule has 0 saturated heterocycles. The van der Waals surface area contributed by atoms with E-state index in [1.54, 1.807) is 30.5 Å². The smallest absolute Gasteiger partial charge is 0.326 e. The van der Waals surface area contributed by atoms with Gasteiger partial charge in [-0.15, -0.1) is 0 Å². The summed E-state index contributed by atoms with van der Waals surface area (Å²) in [5, 5.41) is 12.4. The second-order valence-corrected chi connectivity index (χ2v) is 8.77. The van der Waals surface area contributed by atoms with Gasteiger partial charge in [-0.1, -0.05) is 25.5 Å². The van der Waals surface area contributed by atoms with E-state index in [0.717, 1.165) is 24.0 Å². The number of aromatic amines is 2. The molecule has 2 heterocycles. The van der Waals surface area contributed by atoms with Crippen LogP contribution in [0.5, 0.6) is 0 Å². The van der Waals surface area contributed by atoms with Crippen LogP contribution in [0.3, 0.4) is 0 Å². The molecule has 2 aromatic heterocycles. The number of anilines is 1. The van der Waals surface area contributed by atoms with Gasteiger partial charge in [-0.3, -0.25) is 19.4 Å². The van der Waals surface area contributed by atoms with Crippen molar-refractivity contribution in [2.75, 3.05) is 25.6 Å². The summed E-state index contributed by atoms with van der Waals surface area (Å²) in [6.07, 6.45) is 4.57. The van der Waals surface area contributed by atoms with Gasteiger partial charge in [0.05, 0.1) is 12.0 Å². The van der Waals surface area contributed by atoms with E-state index in [0.29, 0.717) is 30.5 Å². The monoisotopic (exact) mass is 527 g/mol. The minimum Gasteiger partial charge on any atom is -0.480 e. The van der Waals surface area contributed by atoms with E-state index in [1.165, 1.54) is 0 Å². The van der Waals surface area contributed by atoms with Crippen molar-refractivity contribution < 1.29 is 29.0 Å². The van der Waals surface area contributed by atoms with Gasteiger partial charge in [0.1, 0.15) is 18.3 Å². The summed E-state index contributed by atoms with van der Waals surface area (Å²) in [6, 6.07) is 5.49. The summed E-state index contributed by atoms with van der Waals surface area (Å²) in [7, 11) is 0. The van der Waals surface area contributed by atoms with Crippen LogP contribution in [-0.4, -0.2) is 63.8 Å². The third-order valence-corrected chi connectivity index (χ3v) is 5.91. The number of aryl methyl sites for hydroxylation is 2. The fraction of sp³-hybridized carbons (Fsp3) is 0.423. The van der Waals surface area contributed by atoms with Crippen LogP contribution in [0.15, 0.2) is 35.3 Å². The topological polar surface area (TPSA) is 189 Å². The van der Waals surface area contributed by atoms with E-state index in [1.807, 2.05) is 6.92 Å². The average Bonchev–Trinajstić information content (AvgIpc) is 3.30. The number of ether oxygens (including phenoxy) is 2. The Bertz CT molecular complexity index is 1300. The lowest BCUT2D eigenvalue weighted by atomic mass is 10.0. The number of unbranched alkanes of at least 4 members (excludes halogenated alkanes) is 1. The van der Waals surface area contributed by atoms with Crippen LogP contribution in [-0.2, 0) is 31.9 Å². The van der Waals surface area contributed by atoms with Crippen molar-refractivity contribution in [3.05, 3.63) is 57.5 Å². The Balaban J connectivity index is 1.48. The van der Waals surface area contributed by atoms with Crippen LogP contribution in [0.4, 0.5) is 5.95 Å². The summed E-state index contributed by atoms with van der Waals surface area (Å²) < 4.78 is 10.3. The Morgan fingerprint density at radius 1 is 1.13 bits per heavy atom. The molecule has 1 amide bonds. The first-order valence-corrected chi connectivity index (χ1v) is 12.5. The number of aromatic nitrogens is 3. The maximum atomic E-state index is 12.6. The third-order valence-electron chi connectivity index (χ3n) is 5.91. The summed E-state index contributed by atoms with van der Waals surface area (Å²) >= 11 is 0. The highest BCUT2D eigenvalue weighted by Crippen LogP contribution is 2.16. The first kappa shape index (κ1) is 28.4. The number of esters is 1. The Morgan fingerprint density at radius 3 is 2.61 bits per heavy atom. The number of nitrogen functional groups attached to an aromatic ring is 1. The minimum atomic E-state index is -1.24. The molecule has 0 bridgehead atoms. The molecule has 3 aromatic rings. The second kappa shape index (κ2) is 13.9. The van der Waals surface area contributed by atoms with E-state index in [4.69, 9.17) is 15.2 Å². The molecule has 0 aliphatic heterocycles. The van der Waals surface area contributed by atoms with Gasteiger partial charge in [0.2, 0.25) is 5.95 Å². The molecule has 1 atom stereocenters. The van der Waals surface area contributed by atoms with Gasteiger partial charge in [-0.05, 0) is 48.9 Å². The number of carboxylic acid groups (broad SMARTS) is 1. The van der Waals surface area contributed by atoms with Crippen molar-refractivity contribution in [1.29, 1.82) is 0 Å². The van der Waals surface area contributed by atoms with Crippen LogP contribution in [0.1, 0.15) is 54.1 Å². The number of nitrogens with two attached hydrogens (primary N) is 1. The SMILES string of the molecule is CCCCOCCOC(=O)CC[C@H](NC(=O)c1ccc(CCc2c[nH]c3nc(N)[nH]c(=O)c23)cc1)C(=O)O. The lowest BCUT2D eigenvalue weighted by molar-refractivity contribution is -0.146. The third kappa shape index (κ3) is 8.17. The molecule has 3 rings (SSSR count). The number of nitrogens with one attached hydrogen (secondary N) is 3. The number of aliphatic carboxylic acids is 1. The van der Waals surface area contributed by atoms with Gasteiger partial charge in [-0.2, -0.15) is 4.98 Å². The summed E-state index contributed by atoms with van der Waals surface area (Å²) in [4.78, 5) is 57.8. The molecule has 38 heavy (non-hydrogen) atoms. The maximum Gasteiger partial charge on any atom is 0.326 e. The molecule has 12 nitrogen and oxygen atoms in total. The number of benzene rings is 1. The number of nitrogens with zero attached hydrogens (tertiary/aromatic N) is 1. The molecule has 0 fully saturated rings. The summed E-state index contributed by atoms with van der Waals surface area (Å²) in [6.45, 7) is 3.03. The zero-order chi connectivity index (χ0) is 27.5. The fourth-order valence-corrected chi connectivity index (χ4v) is 3.82. The van der Waals surface area contributed by atoms with Crippen molar-refractivity contribution >= 4 is 34.8 Å². The Kier molecular flexibility index (Phi) is 10.4. The van der Waals surface area contributed by atoms with E-state index >= 15 is 0 Å². The van der Waals surface area contributed by atoms with E-state index in [9.17, 15) is 24.3 Å². The number of carbonyl (C=O) groups is 3. The Morgan fingerprint density at radius 2 is 1.89 bits per heavy atom. The molecule has 0 spiro atoms. The number of hydrogen-bond acceptors (Lipinski definition) is 8. The van der Waals surface area contributed by atoms with Gasteiger partial charge in [0.25, 0.3) is 11.5 Å². The van der Waals surface area contributed by atoms with Crippen molar-refractivity contribution in [3.63, 3.8) is 0 Å². The lowest BCUT2D eigenvalue weighted by Crippen LogP contribution is -2.41. The Hall–Kier alpha value is -4.19. The quantitative estimate of drug-likeness (QED) is 0.145. The van der Waals surface area contributed by atoms with Crippen LogP contribution in [0.2, 0.25) is 0 Å². The average molecular weight is 528 g/mol. The number of carboxylic acids is 1. The summed E-state index contributed by atoms with van der Waals surface area (Å²) in [5.74, 6) is -2.31. The number of rotatable bonds is 15. The van der Waals surface area contributed by atoms with Gasteiger partial charge < -0.3 is 30.6 Å². The molecule has 0 unspecified atom stereocenters. The fourth-order valence-electron chi connectivity index (χ4n) is 3.82. The maximum absolute atomic E-state index is 12.6. The van der Waals surface area contributed by atoms with Crippen molar-refractivity contribution in [1.82, 2.24) is 20.3 Å². The largest absolute Gasteiger partial charge is 0.480 e. The van der Waals surface area contributed by atoms with Crippen molar-refractivity contribution in [2.24, 2.45) is 0 Å². The van der Waals surface area contributed by atoms with Crippen LogP contribution < -0.4 is 16.6 Å². The number of amides is 1. The predicted octanol–water partition coefficient (Wildman–Crippen LogP) is 1.94. The first-order chi connectivity index (χ1) is 18.3. The van der Waals surface area contributed by atoms with Crippen molar-refractivity contribution in [3.8, 4) is 0 Å². The molecular weight excluding hydrogens is 494 g/mol. The zero-order valence-electron chi connectivity index (χ0n) is 21.2. The van der Waals surface area contributed by atoms with Crippen LogP contribution in [0, 0.1) is 0 Å².